The molecule has 2 rings (SSSR count). The molecular weight excluding hydrogens is 392 g/mol. The number of nitrogens with zero attached hydrogens (tertiary/aromatic N) is 1. The number of carbonyl (C=O) groups is 2. The predicted molar refractivity (Wildman–Crippen MR) is 99.3 cm³/mol. The molecule has 1 aromatic rings. The minimum absolute atomic E-state index is 0.0968. The van der Waals surface area contributed by atoms with Crippen LogP contribution in [-0.4, -0.2) is 43.7 Å². The second-order valence-corrected chi connectivity index (χ2v) is 9.52. The lowest BCUT2D eigenvalue weighted by Crippen LogP contribution is -2.51. The highest BCUT2D eigenvalue weighted by atomic mass is 35.5. The number of carboxylic acids is 1. The zero-order valence-electron chi connectivity index (χ0n) is 15.4. The van der Waals surface area contributed by atoms with Crippen LogP contribution in [0.15, 0.2) is 29.2 Å². The molecule has 27 heavy (non-hydrogen) atoms. The number of hydrogen-bond acceptors (Lipinski definition) is 5. The largest absolute Gasteiger partial charge is 0.548 e. The van der Waals surface area contributed by atoms with Crippen molar-refractivity contribution in [3.05, 3.63) is 29.3 Å². The normalized spacial score (nSPS) is 17.6. The van der Waals surface area contributed by atoms with E-state index in [9.17, 15) is 23.1 Å². The third-order valence-corrected chi connectivity index (χ3v) is 6.75. The van der Waals surface area contributed by atoms with Gasteiger partial charge in [-0.25, -0.2) is 8.42 Å². The van der Waals surface area contributed by atoms with Gasteiger partial charge in [-0.05, 0) is 49.4 Å². The minimum atomic E-state index is -3.64. The van der Waals surface area contributed by atoms with E-state index in [2.05, 4.69) is 5.32 Å². The van der Waals surface area contributed by atoms with Crippen LogP contribution in [0, 0.1) is 11.8 Å². The third-order valence-electron chi connectivity index (χ3n) is 4.58. The number of carboxylic acid groups (broad SMARTS) is 1. The Morgan fingerprint density at radius 1 is 1.22 bits per heavy atom. The van der Waals surface area contributed by atoms with Crippen molar-refractivity contribution in [2.24, 2.45) is 11.8 Å². The fraction of sp³-hybridized carbons (Fsp3) is 0.556. The summed E-state index contributed by atoms with van der Waals surface area (Å²) in [6.07, 6.45) is 0.956. The zero-order chi connectivity index (χ0) is 20.2. The van der Waals surface area contributed by atoms with Crippen LogP contribution in [0.4, 0.5) is 0 Å². The fourth-order valence-electron chi connectivity index (χ4n) is 3.09. The highest BCUT2D eigenvalue weighted by molar-refractivity contribution is 7.89. The molecular formula is C18H24ClN2O5S-. The molecule has 0 radical (unpaired) electrons. The molecule has 0 bridgehead atoms. The molecule has 150 valence electrons. The van der Waals surface area contributed by atoms with Crippen LogP contribution < -0.4 is 10.4 Å². The maximum Gasteiger partial charge on any atom is 0.243 e. The van der Waals surface area contributed by atoms with Crippen molar-refractivity contribution in [3.63, 3.8) is 0 Å². The summed E-state index contributed by atoms with van der Waals surface area (Å²) >= 11 is 5.80. The maximum atomic E-state index is 12.7. The lowest BCUT2D eigenvalue weighted by Gasteiger charge is -2.32. The average molecular weight is 416 g/mol. The fourth-order valence-corrected chi connectivity index (χ4v) is 4.68. The number of sulfonamides is 1. The van der Waals surface area contributed by atoms with E-state index in [1.807, 2.05) is 13.8 Å². The van der Waals surface area contributed by atoms with E-state index in [1.54, 1.807) is 0 Å². The number of benzene rings is 1. The van der Waals surface area contributed by atoms with Gasteiger partial charge in [0.1, 0.15) is 0 Å². The summed E-state index contributed by atoms with van der Waals surface area (Å²) < 4.78 is 26.7. The lowest BCUT2D eigenvalue weighted by molar-refractivity contribution is -0.308. The van der Waals surface area contributed by atoms with Crippen molar-refractivity contribution in [2.45, 2.75) is 44.0 Å². The van der Waals surface area contributed by atoms with Gasteiger partial charge in [0.05, 0.1) is 16.9 Å². The highest BCUT2D eigenvalue weighted by Gasteiger charge is 2.32. The van der Waals surface area contributed by atoms with Crippen molar-refractivity contribution < 1.29 is 23.1 Å². The Hall–Kier alpha value is -1.64. The Bertz CT molecular complexity index is 771. The first kappa shape index (κ1) is 21.7. The van der Waals surface area contributed by atoms with Gasteiger partial charge in [-0.2, -0.15) is 4.31 Å². The molecule has 0 spiro atoms. The van der Waals surface area contributed by atoms with E-state index >= 15 is 0 Å². The maximum absolute atomic E-state index is 12.7. The van der Waals surface area contributed by atoms with Crippen LogP contribution in [0.3, 0.4) is 0 Å². The first-order valence-corrected chi connectivity index (χ1v) is 10.7. The second-order valence-electron chi connectivity index (χ2n) is 7.14. The topological polar surface area (TPSA) is 107 Å². The van der Waals surface area contributed by atoms with E-state index in [0.717, 1.165) is 0 Å². The molecule has 1 atom stereocenters. The molecule has 1 aliphatic rings. The lowest BCUT2D eigenvalue weighted by atomic mass is 9.96. The molecule has 7 nitrogen and oxygen atoms in total. The molecule has 1 fully saturated rings. The van der Waals surface area contributed by atoms with Gasteiger partial charge < -0.3 is 15.2 Å². The van der Waals surface area contributed by atoms with Crippen LogP contribution in [-0.2, 0) is 19.6 Å². The molecule has 0 saturated carbocycles. The second kappa shape index (κ2) is 9.03. The molecule has 0 aromatic heterocycles. The molecule has 0 unspecified atom stereocenters. The molecule has 0 aliphatic carbocycles. The quantitative estimate of drug-likeness (QED) is 0.715. The smallest absolute Gasteiger partial charge is 0.243 e. The molecule has 1 amide bonds. The van der Waals surface area contributed by atoms with Crippen molar-refractivity contribution in [2.75, 3.05) is 13.1 Å². The van der Waals surface area contributed by atoms with Crippen molar-refractivity contribution >= 4 is 33.5 Å². The summed E-state index contributed by atoms with van der Waals surface area (Å²) in [7, 11) is -3.64. The summed E-state index contributed by atoms with van der Waals surface area (Å²) in [5.74, 6) is -2.00. The molecule has 1 N–H and O–H groups in total. The summed E-state index contributed by atoms with van der Waals surface area (Å²) in [5.41, 5.74) is 0. The predicted octanol–water partition coefficient (Wildman–Crippen LogP) is 1.02. The number of amides is 1. The Labute approximate surface area is 164 Å². The summed E-state index contributed by atoms with van der Waals surface area (Å²) in [5, 5.41) is 14.2. The Morgan fingerprint density at radius 2 is 1.78 bits per heavy atom. The summed E-state index contributed by atoms with van der Waals surface area (Å²) in [6, 6.07) is 4.90. The number of carbonyl (C=O) groups excluding carboxylic acids is 2. The minimum Gasteiger partial charge on any atom is -0.548 e. The van der Waals surface area contributed by atoms with Gasteiger partial charge in [-0.3, -0.25) is 4.79 Å². The van der Waals surface area contributed by atoms with Gasteiger partial charge in [0, 0.05) is 24.0 Å². The standard InChI is InChI=1S/C18H25ClN2O5S/c1-12(2)11-16(18(23)24)20-17(22)13-7-9-21(10-8-13)27(25,26)15-5-3-14(19)4-6-15/h3-6,12-13,16H,7-11H2,1-2H3,(H,20,22)(H,23,24)/p-1/t16-/m0/s1. The zero-order valence-corrected chi connectivity index (χ0v) is 16.9. The third kappa shape index (κ3) is 5.67. The Morgan fingerprint density at radius 3 is 2.26 bits per heavy atom. The monoisotopic (exact) mass is 415 g/mol. The first-order valence-electron chi connectivity index (χ1n) is 8.88. The van der Waals surface area contributed by atoms with Crippen LogP contribution >= 0.6 is 11.6 Å². The number of aliphatic carboxylic acids is 1. The Kier molecular flexibility index (Phi) is 7.25. The number of rotatable bonds is 7. The number of hydrogen-bond donors (Lipinski definition) is 1. The molecule has 1 aromatic carbocycles. The van der Waals surface area contributed by atoms with Crippen LogP contribution in [0.5, 0.6) is 0 Å². The number of halogens is 1. The van der Waals surface area contributed by atoms with Gasteiger partial charge in [0.25, 0.3) is 0 Å². The van der Waals surface area contributed by atoms with Crippen molar-refractivity contribution in [3.8, 4) is 0 Å². The van der Waals surface area contributed by atoms with Gasteiger partial charge in [-0.15, -0.1) is 0 Å². The SMILES string of the molecule is CC(C)C[C@H](NC(=O)C1CCN(S(=O)(=O)c2ccc(Cl)cc2)CC1)C(=O)[O-]. The van der Waals surface area contributed by atoms with Gasteiger partial charge in [0.15, 0.2) is 0 Å². The van der Waals surface area contributed by atoms with Crippen LogP contribution in [0.25, 0.3) is 0 Å². The molecule has 1 saturated heterocycles. The first-order chi connectivity index (χ1) is 12.6. The molecule has 9 heteroatoms. The molecule has 1 heterocycles. The van der Waals surface area contributed by atoms with E-state index in [0.29, 0.717) is 17.9 Å². The summed E-state index contributed by atoms with van der Waals surface area (Å²) in [4.78, 5) is 23.7. The van der Waals surface area contributed by atoms with E-state index in [-0.39, 0.29) is 36.2 Å². The number of nitrogens with one attached hydrogen (secondary N) is 1. The van der Waals surface area contributed by atoms with E-state index in [4.69, 9.17) is 11.6 Å². The van der Waals surface area contributed by atoms with E-state index < -0.39 is 28.0 Å². The van der Waals surface area contributed by atoms with E-state index in [1.165, 1.54) is 28.6 Å². The van der Waals surface area contributed by atoms with Crippen LogP contribution in [0.2, 0.25) is 5.02 Å². The Balaban J connectivity index is 1.96. The van der Waals surface area contributed by atoms with Crippen molar-refractivity contribution in [1.82, 2.24) is 9.62 Å². The van der Waals surface area contributed by atoms with Gasteiger partial charge in [-0.1, -0.05) is 25.4 Å². The number of piperidine rings is 1. The highest BCUT2D eigenvalue weighted by Crippen LogP contribution is 2.25. The van der Waals surface area contributed by atoms with Crippen molar-refractivity contribution in [1.29, 1.82) is 0 Å². The van der Waals surface area contributed by atoms with Gasteiger partial charge >= 0.3 is 0 Å². The van der Waals surface area contributed by atoms with Crippen LogP contribution in [0.1, 0.15) is 33.1 Å². The molecule has 1 aliphatic heterocycles. The van der Waals surface area contributed by atoms with Gasteiger partial charge in [0.2, 0.25) is 15.9 Å². The average Bonchev–Trinajstić information content (AvgIpc) is 2.61. The summed E-state index contributed by atoms with van der Waals surface area (Å²) in [6.45, 7) is 4.12.